The van der Waals surface area contributed by atoms with E-state index in [1.807, 2.05) is 30.3 Å². The van der Waals surface area contributed by atoms with Crippen molar-refractivity contribution in [1.82, 2.24) is 15.0 Å². The van der Waals surface area contributed by atoms with Crippen LogP contribution in [0, 0.1) is 5.95 Å². The van der Waals surface area contributed by atoms with E-state index < -0.39 is 17.6 Å². The van der Waals surface area contributed by atoms with Gasteiger partial charge < -0.3 is 5.11 Å². The van der Waals surface area contributed by atoms with Crippen molar-refractivity contribution in [2.75, 3.05) is 0 Å². The average Bonchev–Trinajstić information content (AvgIpc) is 2.71. The first-order valence-corrected chi connectivity index (χ1v) is 5.00. The highest BCUT2D eigenvalue weighted by atomic mass is 19.1. The molecule has 17 heavy (non-hydrogen) atoms. The van der Waals surface area contributed by atoms with E-state index in [1.54, 1.807) is 6.92 Å². The molecule has 2 aromatic rings. The number of nitrogens with zero attached hydrogens (tertiary/aromatic N) is 3. The zero-order valence-electron chi connectivity index (χ0n) is 9.04. The van der Waals surface area contributed by atoms with E-state index in [0.717, 1.165) is 10.2 Å². The Morgan fingerprint density at radius 2 is 2.06 bits per heavy atom. The molecule has 0 fully saturated rings. The Bertz CT molecular complexity index is 539. The molecule has 0 spiro atoms. The highest BCUT2D eigenvalue weighted by molar-refractivity contribution is 5.85. The predicted octanol–water partition coefficient (Wildman–Crippen LogP) is 1.72. The minimum absolute atomic E-state index is 0.390. The Morgan fingerprint density at radius 3 is 2.65 bits per heavy atom. The molecule has 0 aliphatic heterocycles. The van der Waals surface area contributed by atoms with Gasteiger partial charge in [0, 0.05) is 0 Å². The maximum Gasteiger partial charge on any atom is 0.359 e. The largest absolute Gasteiger partial charge is 0.476 e. The predicted molar refractivity (Wildman–Crippen MR) is 57.2 cm³/mol. The van der Waals surface area contributed by atoms with Crippen molar-refractivity contribution in [3.63, 3.8) is 0 Å². The van der Waals surface area contributed by atoms with Crippen molar-refractivity contribution in [3.8, 4) is 0 Å². The lowest BCUT2D eigenvalue weighted by molar-refractivity contribution is 0.0676. The number of benzene rings is 1. The minimum atomic E-state index is -1.38. The highest BCUT2D eigenvalue weighted by Gasteiger charge is 2.23. The number of halogens is 1. The van der Waals surface area contributed by atoms with E-state index in [-0.39, 0.29) is 6.04 Å². The average molecular weight is 235 g/mol. The second-order valence-electron chi connectivity index (χ2n) is 3.57. The molecule has 1 atom stereocenters. The van der Waals surface area contributed by atoms with Crippen molar-refractivity contribution in [3.05, 3.63) is 47.5 Å². The third-order valence-corrected chi connectivity index (χ3v) is 2.50. The number of rotatable bonds is 3. The van der Waals surface area contributed by atoms with Crippen LogP contribution in [-0.2, 0) is 0 Å². The molecular weight excluding hydrogens is 225 g/mol. The summed E-state index contributed by atoms with van der Waals surface area (Å²) in [7, 11) is 0. The van der Waals surface area contributed by atoms with E-state index >= 15 is 0 Å². The topological polar surface area (TPSA) is 68.0 Å². The van der Waals surface area contributed by atoms with E-state index in [1.165, 1.54) is 0 Å². The summed E-state index contributed by atoms with van der Waals surface area (Å²) in [6.07, 6.45) is 0. The minimum Gasteiger partial charge on any atom is -0.476 e. The second-order valence-corrected chi connectivity index (χ2v) is 3.57. The summed E-state index contributed by atoms with van der Waals surface area (Å²) in [6, 6.07) is 8.72. The molecule has 2 rings (SSSR count). The molecule has 1 heterocycles. The van der Waals surface area contributed by atoms with E-state index in [9.17, 15) is 9.18 Å². The number of hydrogen-bond acceptors (Lipinski definition) is 3. The lowest BCUT2D eigenvalue weighted by Gasteiger charge is -2.12. The van der Waals surface area contributed by atoms with Crippen LogP contribution in [0.5, 0.6) is 0 Å². The third kappa shape index (κ3) is 2.01. The number of carboxylic acid groups (broad SMARTS) is 1. The fourth-order valence-electron chi connectivity index (χ4n) is 1.60. The molecule has 1 N–H and O–H groups in total. The van der Waals surface area contributed by atoms with Gasteiger partial charge in [-0.1, -0.05) is 40.6 Å². The Hall–Kier alpha value is -2.24. The summed E-state index contributed by atoms with van der Waals surface area (Å²) in [6.45, 7) is 1.73. The van der Waals surface area contributed by atoms with Gasteiger partial charge in [-0.3, -0.25) is 0 Å². The van der Waals surface area contributed by atoms with Crippen LogP contribution in [0.1, 0.15) is 29.0 Å². The molecule has 5 nitrogen and oxygen atoms in total. The highest BCUT2D eigenvalue weighted by Crippen LogP contribution is 2.19. The first kappa shape index (κ1) is 11.3. The summed E-state index contributed by atoms with van der Waals surface area (Å²) < 4.78 is 14.2. The van der Waals surface area contributed by atoms with Gasteiger partial charge >= 0.3 is 5.97 Å². The summed E-state index contributed by atoms with van der Waals surface area (Å²) in [5.74, 6) is -2.45. The van der Waals surface area contributed by atoms with Crippen LogP contribution in [0.15, 0.2) is 30.3 Å². The molecule has 1 unspecified atom stereocenters. The smallest absolute Gasteiger partial charge is 0.359 e. The molecule has 0 aliphatic carbocycles. The summed E-state index contributed by atoms with van der Waals surface area (Å²) in [5, 5.41) is 15.6. The first-order chi connectivity index (χ1) is 8.11. The lowest BCUT2D eigenvalue weighted by Crippen LogP contribution is -2.16. The Labute approximate surface area is 96.5 Å². The number of hydrogen-bond donors (Lipinski definition) is 1. The van der Waals surface area contributed by atoms with Crippen LogP contribution in [-0.4, -0.2) is 26.1 Å². The molecule has 1 aromatic heterocycles. The molecule has 0 amide bonds. The van der Waals surface area contributed by atoms with Gasteiger partial charge in [-0.25, -0.2) is 9.48 Å². The van der Waals surface area contributed by atoms with Crippen molar-refractivity contribution in [2.24, 2.45) is 0 Å². The molecule has 6 heteroatoms. The van der Waals surface area contributed by atoms with Gasteiger partial charge in [0.25, 0.3) is 5.95 Å². The van der Waals surface area contributed by atoms with Gasteiger partial charge in [-0.15, -0.1) is 0 Å². The van der Waals surface area contributed by atoms with Gasteiger partial charge in [0.2, 0.25) is 5.69 Å². The van der Waals surface area contributed by atoms with Crippen molar-refractivity contribution in [2.45, 2.75) is 13.0 Å². The van der Waals surface area contributed by atoms with Crippen molar-refractivity contribution in [1.29, 1.82) is 0 Å². The van der Waals surface area contributed by atoms with Crippen LogP contribution in [0.3, 0.4) is 0 Å². The maximum absolute atomic E-state index is 13.2. The van der Waals surface area contributed by atoms with Crippen LogP contribution < -0.4 is 0 Å². The maximum atomic E-state index is 13.2. The van der Waals surface area contributed by atoms with E-state index in [4.69, 9.17) is 5.11 Å². The van der Waals surface area contributed by atoms with Gasteiger partial charge in [0.1, 0.15) is 0 Å². The molecule has 0 bridgehead atoms. The van der Waals surface area contributed by atoms with Gasteiger partial charge in [0.15, 0.2) is 0 Å². The zero-order valence-corrected chi connectivity index (χ0v) is 9.04. The van der Waals surface area contributed by atoms with Crippen LogP contribution >= 0.6 is 0 Å². The number of carboxylic acids is 1. The normalized spacial score (nSPS) is 12.4. The summed E-state index contributed by atoms with van der Waals surface area (Å²) in [4.78, 5) is 10.9. The molecule has 1 aromatic carbocycles. The van der Waals surface area contributed by atoms with Crippen molar-refractivity contribution >= 4 is 5.97 Å². The quantitative estimate of drug-likeness (QED) is 0.879. The lowest BCUT2D eigenvalue weighted by atomic mass is 10.1. The van der Waals surface area contributed by atoms with Crippen molar-refractivity contribution < 1.29 is 14.3 Å². The fourth-order valence-corrected chi connectivity index (χ4v) is 1.60. The molecule has 0 radical (unpaired) electrons. The van der Waals surface area contributed by atoms with Crippen LogP contribution in [0.4, 0.5) is 4.39 Å². The Morgan fingerprint density at radius 1 is 1.41 bits per heavy atom. The van der Waals surface area contributed by atoms with Gasteiger partial charge in [-0.2, -0.15) is 4.39 Å². The number of carbonyl (C=O) groups is 1. The zero-order chi connectivity index (χ0) is 12.4. The van der Waals surface area contributed by atoms with Crippen LogP contribution in [0.2, 0.25) is 0 Å². The molecule has 0 saturated carbocycles. The van der Waals surface area contributed by atoms with E-state index in [0.29, 0.717) is 0 Å². The van der Waals surface area contributed by atoms with Crippen LogP contribution in [0.25, 0.3) is 0 Å². The third-order valence-electron chi connectivity index (χ3n) is 2.50. The second kappa shape index (κ2) is 4.32. The van der Waals surface area contributed by atoms with E-state index in [2.05, 4.69) is 10.3 Å². The number of aromatic nitrogens is 3. The molecule has 0 saturated heterocycles. The Kier molecular flexibility index (Phi) is 2.86. The standard InChI is InChI=1S/C11H10FN3O2/c1-7(8-5-3-2-4-6-8)15-9(11(16)17)10(12)13-14-15/h2-7H,1H3,(H,16,17). The Balaban J connectivity index is 2.45. The van der Waals surface area contributed by atoms with Gasteiger partial charge in [-0.05, 0) is 12.5 Å². The van der Waals surface area contributed by atoms with Gasteiger partial charge in [0.05, 0.1) is 6.04 Å². The fraction of sp³-hybridized carbons (Fsp3) is 0.182. The SMILES string of the molecule is CC(c1ccccc1)n1nnc(F)c1C(=O)O. The monoisotopic (exact) mass is 235 g/mol. The first-order valence-electron chi connectivity index (χ1n) is 5.00. The molecule has 88 valence electrons. The molecular formula is C11H10FN3O2. The number of aromatic carboxylic acids is 1. The summed E-state index contributed by atoms with van der Waals surface area (Å²) >= 11 is 0. The molecule has 0 aliphatic rings. The summed E-state index contributed by atoms with van der Waals surface area (Å²) in [5.41, 5.74) is 0.307.